The van der Waals surface area contributed by atoms with Crippen LogP contribution in [0.2, 0.25) is 0 Å². The van der Waals surface area contributed by atoms with Gasteiger partial charge in [-0.05, 0) is 29.6 Å². The van der Waals surface area contributed by atoms with Gasteiger partial charge in [0, 0.05) is 6.42 Å². The lowest BCUT2D eigenvalue weighted by Gasteiger charge is -2.11. The fourth-order valence-electron chi connectivity index (χ4n) is 1.89. The second-order valence-corrected chi connectivity index (χ2v) is 4.88. The van der Waals surface area contributed by atoms with Crippen LogP contribution in [0, 0.1) is 5.82 Å². The highest BCUT2D eigenvalue weighted by Gasteiger charge is 2.19. The van der Waals surface area contributed by atoms with Crippen molar-refractivity contribution in [3.05, 3.63) is 40.2 Å². The van der Waals surface area contributed by atoms with Crippen LogP contribution < -0.4 is 4.74 Å². The van der Waals surface area contributed by atoms with E-state index >= 15 is 0 Å². The minimum absolute atomic E-state index is 0.180. The predicted octanol–water partition coefficient (Wildman–Crippen LogP) is 2.52. The van der Waals surface area contributed by atoms with E-state index in [1.165, 1.54) is 7.11 Å². The first kappa shape index (κ1) is 13.9. The van der Waals surface area contributed by atoms with Gasteiger partial charge >= 0.3 is 0 Å². The van der Waals surface area contributed by atoms with Crippen LogP contribution in [0.5, 0.6) is 5.75 Å². The molecule has 1 heterocycles. The number of aryl methyl sites for hydroxylation is 1. The monoisotopic (exact) mass is 282 g/mol. The van der Waals surface area contributed by atoms with E-state index in [4.69, 9.17) is 4.74 Å². The predicted molar refractivity (Wildman–Crippen MR) is 70.9 cm³/mol. The van der Waals surface area contributed by atoms with Crippen LogP contribution in [0.3, 0.4) is 0 Å². The fourth-order valence-corrected chi connectivity index (χ4v) is 2.61. The minimum Gasteiger partial charge on any atom is -0.494 e. The Morgan fingerprint density at radius 3 is 2.95 bits per heavy atom. The second-order valence-electron chi connectivity index (χ2n) is 4.09. The Hall–Kier alpha value is -1.53. The summed E-state index contributed by atoms with van der Waals surface area (Å²) >= 11 is 1.15. The summed E-state index contributed by atoms with van der Waals surface area (Å²) in [5.74, 6) is -0.248. The molecule has 0 amide bonds. The summed E-state index contributed by atoms with van der Waals surface area (Å²) in [6.07, 6.45) is 0.0835. The van der Waals surface area contributed by atoms with Gasteiger partial charge in [-0.25, -0.2) is 4.39 Å². The number of hydrogen-bond donors (Lipinski definition) is 1. The van der Waals surface area contributed by atoms with Crippen molar-refractivity contribution in [3.63, 3.8) is 0 Å². The number of methoxy groups -OCH3 is 1. The van der Waals surface area contributed by atoms with Crippen molar-refractivity contribution in [2.45, 2.75) is 25.9 Å². The zero-order valence-corrected chi connectivity index (χ0v) is 11.6. The number of aromatic nitrogens is 2. The van der Waals surface area contributed by atoms with Gasteiger partial charge in [0.25, 0.3) is 0 Å². The van der Waals surface area contributed by atoms with Gasteiger partial charge in [-0.15, -0.1) is 5.10 Å². The lowest BCUT2D eigenvalue weighted by atomic mass is 10.0. The summed E-state index contributed by atoms with van der Waals surface area (Å²) in [5, 5.41) is 14.1. The molecule has 1 N–H and O–H groups in total. The first-order valence-corrected chi connectivity index (χ1v) is 6.75. The van der Waals surface area contributed by atoms with Crippen molar-refractivity contribution in [2.24, 2.45) is 0 Å². The van der Waals surface area contributed by atoms with Crippen LogP contribution in [0.15, 0.2) is 18.2 Å². The van der Waals surface area contributed by atoms with E-state index in [-0.39, 0.29) is 12.2 Å². The molecule has 0 saturated heterocycles. The summed E-state index contributed by atoms with van der Waals surface area (Å²) in [4.78, 5) is 0.699. The Balaban J connectivity index is 2.22. The number of ether oxygens (including phenoxy) is 1. The number of aliphatic hydroxyl groups is 1. The average molecular weight is 282 g/mol. The molecule has 1 aromatic carbocycles. The van der Waals surface area contributed by atoms with E-state index in [1.807, 2.05) is 6.92 Å². The van der Waals surface area contributed by atoms with Gasteiger partial charge in [0.1, 0.15) is 0 Å². The van der Waals surface area contributed by atoms with Gasteiger partial charge in [-0.3, -0.25) is 0 Å². The average Bonchev–Trinajstić information content (AvgIpc) is 2.89. The molecule has 2 rings (SSSR count). The molecule has 0 radical (unpaired) electrons. The van der Waals surface area contributed by atoms with Crippen LogP contribution in [0.1, 0.15) is 29.2 Å². The summed E-state index contributed by atoms with van der Waals surface area (Å²) in [5.41, 5.74) is 1.18. The molecular weight excluding hydrogens is 267 g/mol. The lowest BCUT2D eigenvalue weighted by molar-refractivity contribution is 0.179. The summed E-state index contributed by atoms with van der Waals surface area (Å²) in [6.45, 7) is 1.94. The number of benzene rings is 1. The molecule has 0 spiro atoms. The van der Waals surface area contributed by atoms with E-state index < -0.39 is 11.9 Å². The molecule has 0 aliphatic rings. The molecular formula is C13H15FN2O2S. The van der Waals surface area contributed by atoms with Crippen molar-refractivity contribution in [1.29, 1.82) is 0 Å². The van der Waals surface area contributed by atoms with Gasteiger partial charge in [0.2, 0.25) is 0 Å². The standard InChI is InChI=1S/C13H15FN2O2S/c1-3-9-13(19-16-15-9)10(17)7-8-5-4-6-11(18-2)12(8)14/h4-6,10,17H,3,7H2,1-2H3. The van der Waals surface area contributed by atoms with E-state index in [0.29, 0.717) is 16.9 Å². The minimum atomic E-state index is -0.795. The lowest BCUT2D eigenvalue weighted by Crippen LogP contribution is -2.05. The maximum atomic E-state index is 14.0. The number of rotatable bonds is 5. The van der Waals surface area contributed by atoms with Gasteiger partial charge in [0.05, 0.1) is 23.8 Å². The molecule has 6 heteroatoms. The Morgan fingerprint density at radius 1 is 1.47 bits per heavy atom. The van der Waals surface area contributed by atoms with E-state index in [2.05, 4.69) is 9.59 Å². The van der Waals surface area contributed by atoms with Crippen LogP contribution in [-0.2, 0) is 12.8 Å². The topological polar surface area (TPSA) is 55.2 Å². The highest BCUT2D eigenvalue weighted by Crippen LogP contribution is 2.27. The highest BCUT2D eigenvalue weighted by atomic mass is 32.1. The van der Waals surface area contributed by atoms with Crippen LogP contribution in [-0.4, -0.2) is 21.8 Å². The van der Waals surface area contributed by atoms with E-state index in [1.54, 1.807) is 18.2 Å². The Morgan fingerprint density at radius 2 is 2.26 bits per heavy atom. The van der Waals surface area contributed by atoms with Crippen molar-refractivity contribution in [1.82, 2.24) is 9.59 Å². The van der Waals surface area contributed by atoms with Crippen molar-refractivity contribution in [2.75, 3.05) is 7.11 Å². The number of hydrogen-bond acceptors (Lipinski definition) is 5. The maximum absolute atomic E-state index is 14.0. The number of halogens is 1. The first-order valence-electron chi connectivity index (χ1n) is 5.98. The molecule has 1 atom stereocenters. The second kappa shape index (κ2) is 6.08. The van der Waals surface area contributed by atoms with Gasteiger partial charge in [-0.1, -0.05) is 23.5 Å². The van der Waals surface area contributed by atoms with E-state index in [9.17, 15) is 9.50 Å². The summed E-state index contributed by atoms with van der Waals surface area (Å²) < 4.78 is 22.7. The van der Waals surface area contributed by atoms with Crippen molar-refractivity contribution in [3.8, 4) is 5.75 Å². The van der Waals surface area contributed by atoms with Crippen LogP contribution in [0.25, 0.3) is 0 Å². The maximum Gasteiger partial charge on any atom is 0.168 e. The largest absolute Gasteiger partial charge is 0.494 e. The smallest absolute Gasteiger partial charge is 0.168 e. The third kappa shape index (κ3) is 2.90. The van der Waals surface area contributed by atoms with Gasteiger partial charge < -0.3 is 9.84 Å². The third-order valence-electron chi connectivity index (χ3n) is 2.90. The van der Waals surface area contributed by atoms with Crippen LogP contribution in [0.4, 0.5) is 4.39 Å². The molecule has 2 aromatic rings. The Labute approximate surface area is 115 Å². The molecule has 19 heavy (non-hydrogen) atoms. The van der Waals surface area contributed by atoms with Gasteiger partial charge in [0.15, 0.2) is 11.6 Å². The zero-order chi connectivity index (χ0) is 13.8. The van der Waals surface area contributed by atoms with E-state index in [0.717, 1.165) is 17.2 Å². The van der Waals surface area contributed by atoms with Crippen molar-refractivity contribution < 1.29 is 14.2 Å². The quantitative estimate of drug-likeness (QED) is 0.915. The molecule has 0 fully saturated rings. The molecule has 1 aromatic heterocycles. The summed E-state index contributed by atoms with van der Waals surface area (Å²) in [7, 11) is 1.42. The SMILES string of the molecule is CCc1nnsc1C(O)Cc1cccc(OC)c1F. The van der Waals surface area contributed by atoms with Crippen LogP contribution >= 0.6 is 11.5 Å². The molecule has 102 valence electrons. The molecule has 0 aliphatic heterocycles. The van der Waals surface area contributed by atoms with Gasteiger partial charge in [-0.2, -0.15) is 0 Å². The normalized spacial score (nSPS) is 12.4. The fraction of sp³-hybridized carbons (Fsp3) is 0.385. The number of aliphatic hydroxyl groups excluding tert-OH is 1. The molecule has 1 unspecified atom stereocenters. The highest BCUT2D eigenvalue weighted by molar-refractivity contribution is 7.05. The zero-order valence-electron chi connectivity index (χ0n) is 10.8. The Kier molecular flexibility index (Phi) is 4.44. The number of nitrogens with zero attached hydrogens (tertiary/aromatic N) is 2. The molecule has 0 bridgehead atoms. The summed E-state index contributed by atoms with van der Waals surface area (Å²) in [6, 6.07) is 4.90. The molecule has 0 saturated carbocycles. The molecule has 4 nitrogen and oxygen atoms in total. The molecule has 0 aliphatic carbocycles. The third-order valence-corrected chi connectivity index (χ3v) is 3.77. The first-order chi connectivity index (χ1) is 9.17. The Bertz CT molecular complexity index is 559. The van der Waals surface area contributed by atoms with Crippen molar-refractivity contribution >= 4 is 11.5 Å².